The van der Waals surface area contributed by atoms with Crippen LogP contribution < -0.4 is 5.32 Å². The first kappa shape index (κ1) is 17.2. The maximum atomic E-state index is 11.7. The van der Waals surface area contributed by atoms with E-state index >= 15 is 0 Å². The van der Waals surface area contributed by atoms with Crippen molar-refractivity contribution in [1.29, 1.82) is 0 Å². The molecule has 1 aliphatic heterocycles. The monoisotopic (exact) mass is 322 g/mol. The summed E-state index contributed by atoms with van der Waals surface area (Å²) in [6.45, 7) is 4.20. The van der Waals surface area contributed by atoms with Gasteiger partial charge in [-0.3, -0.25) is 0 Å². The van der Waals surface area contributed by atoms with E-state index in [9.17, 15) is 8.42 Å². The third kappa shape index (κ3) is 4.93. The lowest BCUT2D eigenvalue weighted by Gasteiger charge is -2.37. The van der Waals surface area contributed by atoms with Crippen molar-refractivity contribution in [1.82, 2.24) is 9.62 Å². The Kier molecular flexibility index (Phi) is 6.17. The van der Waals surface area contributed by atoms with Crippen LogP contribution in [0.15, 0.2) is 36.4 Å². The van der Waals surface area contributed by atoms with E-state index in [4.69, 9.17) is 0 Å². The topological polar surface area (TPSA) is 49.4 Å². The number of nitrogens with one attached hydrogen (secondary N) is 1. The van der Waals surface area contributed by atoms with E-state index in [2.05, 4.69) is 36.5 Å². The predicted molar refractivity (Wildman–Crippen MR) is 92.1 cm³/mol. The molecule has 1 aromatic carbocycles. The lowest BCUT2D eigenvalue weighted by Crippen LogP contribution is -2.50. The molecule has 0 saturated carbocycles. The zero-order chi connectivity index (χ0) is 16.0. The fourth-order valence-corrected chi connectivity index (χ4v) is 3.86. The zero-order valence-corrected chi connectivity index (χ0v) is 14.2. The van der Waals surface area contributed by atoms with Crippen molar-refractivity contribution in [3.05, 3.63) is 42.0 Å². The molecule has 0 spiro atoms. The molecule has 1 fully saturated rings. The van der Waals surface area contributed by atoms with Crippen molar-refractivity contribution >= 4 is 16.1 Å². The quantitative estimate of drug-likeness (QED) is 0.874. The smallest absolute Gasteiger partial charge is 0.211 e. The van der Waals surface area contributed by atoms with Gasteiger partial charge in [0.2, 0.25) is 10.0 Å². The molecule has 0 amide bonds. The first-order valence-corrected chi connectivity index (χ1v) is 9.75. The van der Waals surface area contributed by atoms with Gasteiger partial charge in [0, 0.05) is 25.7 Å². The lowest BCUT2D eigenvalue weighted by molar-refractivity contribution is 0.206. The Morgan fingerprint density at radius 3 is 2.68 bits per heavy atom. The van der Waals surface area contributed by atoms with Crippen LogP contribution >= 0.6 is 0 Å². The molecule has 5 heteroatoms. The molecule has 122 valence electrons. The van der Waals surface area contributed by atoms with Crippen molar-refractivity contribution in [2.24, 2.45) is 5.92 Å². The third-order valence-electron chi connectivity index (χ3n) is 4.30. The molecule has 1 heterocycles. The molecule has 22 heavy (non-hydrogen) atoms. The second-order valence-electron chi connectivity index (χ2n) is 5.91. The molecular weight excluding hydrogens is 296 g/mol. The van der Waals surface area contributed by atoms with Gasteiger partial charge in [-0.15, -0.1) is 0 Å². The average molecular weight is 322 g/mol. The summed E-state index contributed by atoms with van der Waals surface area (Å²) in [6, 6.07) is 10.6. The Hall–Kier alpha value is -1.17. The van der Waals surface area contributed by atoms with Gasteiger partial charge in [-0.25, -0.2) is 12.7 Å². The highest BCUT2D eigenvalue weighted by Gasteiger charge is 2.31. The molecule has 0 bridgehead atoms. The first-order valence-electron chi connectivity index (χ1n) is 7.90. The van der Waals surface area contributed by atoms with Gasteiger partial charge in [-0.2, -0.15) is 0 Å². The van der Waals surface area contributed by atoms with E-state index in [-0.39, 0.29) is 0 Å². The van der Waals surface area contributed by atoms with Crippen LogP contribution in [0, 0.1) is 5.92 Å². The molecule has 1 saturated heterocycles. The summed E-state index contributed by atoms with van der Waals surface area (Å²) in [6.07, 6.45) is 7.41. The maximum Gasteiger partial charge on any atom is 0.211 e. The second kappa shape index (κ2) is 7.90. The normalized spacial score (nSPS) is 23.9. The van der Waals surface area contributed by atoms with Crippen LogP contribution in [0.2, 0.25) is 0 Å². The number of hydrogen-bond acceptors (Lipinski definition) is 3. The predicted octanol–water partition coefficient (Wildman–Crippen LogP) is 2.35. The maximum absolute atomic E-state index is 11.7. The van der Waals surface area contributed by atoms with Crippen LogP contribution in [0.1, 0.15) is 25.3 Å². The Labute approximate surface area is 134 Å². The minimum absolute atomic E-state index is 0.383. The highest BCUT2D eigenvalue weighted by molar-refractivity contribution is 7.88. The molecule has 2 atom stereocenters. The van der Waals surface area contributed by atoms with Crippen LogP contribution in [-0.2, 0) is 10.0 Å². The minimum Gasteiger partial charge on any atom is -0.310 e. The first-order chi connectivity index (χ1) is 10.5. The standard InChI is InChI=1S/C17H26N2O2S/c1-3-16-14-19(22(2,20)21)13-11-17(16)18-12-7-10-15-8-5-4-6-9-15/h4-10,16-18H,3,11-14H2,1-2H3. The summed E-state index contributed by atoms with van der Waals surface area (Å²) in [5.74, 6) is 0.383. The minimum atomic E-state index is -3.06. The highest BCUT2D eigenvalue weighted by atomic mass is 32.2. The largest absolute Gasteiger partial charge is 0.310 e. The van der Waals surface area contributed by atoms with Gasteiger partial charge in [0.25, 0.3) is 0 Å². The van der Waals surface area contributed by atoms with Crippen LogP contribution in [0.5, 0.6) is 0 Å². The second-order valence-corrected chi connectivity index (χ2v) is 7.89. The van der Waals surface area contributed by atoms with Gasteiger partial charge >= 0.3 is 0 Å². The summed E-state index contributed by atoms with van der Waals surface area (Å²) in [4.78, 5) is 0. The Morgan fingerprint density at radius 1 is 1.32 bits per heavy atom. The van der Waals surface area contributed by atoms with Gasteiger partial charge in [-0.05, 0) is 17.9 Å². The van der Waals surface area contributed by atoms with E-state index < -0.39 is 10.0 Å². The summed E-state index contributed by atoms with van der Waals surface area (Å²) in [5.41, 5.74) is 1.20. The molecule has 2 unspecified atom stereocenters. The summed E-state index contributed by atoms with van der Waals surface area (Å²) in [7, 11) is -3.06. The molecule has 1 aromatic rings. The summed E-state index contributed by atoms with van der Waals surface area (Å²) >= 11 is 0. The number of piperidine rings is 1. The molecule has 1 aliphatic rings. The molecule has 0 aliphatic carbocycles. The van der Waals surface area contributed by atoms with Gasteiger partial charge in [0.15, 0.2) is 0 Å². The van der Waals surface area contributed by atoms with E-state index in [1.54, 1.807) is 4.31 Å². The number of rotatable bonds is 6. The summed E-state index contributed by atoms with van der Waals surface area (Å²) in [5, 5.41) is 3.56. The third-order valence-corrected chi connectivity index (χ3v) is 5.57. The van der Waals surface area contributed by atoms with Crippen LogP contribution in [0.3, 0.4) is 0 Å². The molecular formula is C17H26N2O2S. The van der Waals surface area contributed by atoms with Crippen molar-refractivity contribution in [3.8, 4) is 0 Å². The van der Waals surface area contributed by atoms with Gasteiger partial charge < -0.3 is 5.32 Å². The lowest BCUT2D eigenvalue weighted by atomic mass is 9.91. The molecule has 0 radical (unpaired) electrons. The molecule has 0 aromatic heterocycles. The fraction of sp³-hybridized carbons (Fsp3) is 0.529. The van der Waals surface area contributed by atoms with Crippen LogP contribution in [0.4, 0.5) is 0 Å². The van der Waals surface area contributed by atoms with Crippen LogP contribution in [-0.4, -0.2) is 44.7 Å². The van der Waals surface area contributed by atoms with E-state index in [1.807, 2.05) is 18.2 Å². The number of sulfonamides is 1. The Balaban J connectivity index is 1.84. The zero-order valence-electron chi connectivity index (χ0n) is 13.4. The van der Waals surface area contributed by atoms with E-state index in [0.717, 1.165) is 19.4 Å². The van der Waals surface area contributed by atoms with Gasteiger partial charge in [0.05, 0.1) is 6.26 Å². The van der Waals surface area contributed by atoms with Crippen molar-refractivity contribution in [3.63, 3.8) is 0 Å². The molecule has 1 N–H and O–H groups in total. The molecule has 4 nitrogen and oxygen atoms in total. The van der Waals surface area contributed by atoms with Crippen molar-refractivity contribution in [2.45, 2.75) is 25.8 Å². The van der Waals surface area contributed by atoms with E-state index in [1.165, 1.54) is 11.8 Å². The fourth-order valence-electron chi connectivity index (χ4n) is 2.96. The SMILES string of the molecule is CCC1CN(S(C)(=O)=O)CCC1NCC=Cc1ccccc1. The van der Waals surface area contributed by atoms with Crippen molar-refractivity contribution < 1.29 is 8.42 Å². The average Bonchev–Trinajstić information content (AvgIpc) is 2.51. The highest BCUT2D eigenvalue weighted by Crippen LogP contribution is 2.21. The number of benzene rings is 1. The Bertz CT molecular complexity index is 584. The molecule has 2 rings (SSSR count). The van der Waals surface area contributed by atoms with Gasteiger partial charge in [-0.1, -0.05) is 55.8 Å². The van der Waals surface area contributed by atoms with Gasteiger partial charge in [0.1, 0.15) is 0 Å². The Morgan fingerprint density at radius 2 is 2.05 bits per heavy atom. The number of hydrogen-bond donors (Lipinski definition) is 1. The van der Waals surface area contributed by atoms with Crippen molar-refractivity contribution in [2.75, 3.05) is 25.9 Å². The summed E-state index contributed by atoms with van der Waals surface area (Å²) < 4.78 is 24.9. The number of nitrogens with zero attached hydrogens (tertiary/aromatic N) is 1. The van der Waals surface area contributed by atoms with E-state index in [0.29, 0.717) is 25.0 Å². The van der Waals surface area contributed by atoms with Crippen LogP contribution in [0.25, 0.3) is 6.08 Å².